The third-order valence-corrected chi connectivity index (χ3v) is 5.30. The van der Waals surface area contributed by atoms with Gasteiger partial charge in [0.15, 0.2) is 0 Å². The molecule has 0 saturated heterocycles. The van der Waals surface area contributed by atoms with Crippen LogP contribution in [0.15, 0.2) is 77.8 Å². The molecule has 0 aromatic heterocycles. The lowest BCUT2D eigenvalue weighted by molar-refractivity contribution is -0.144. The summed E-state index contributed by atoms with van der Waals surface area (Å²) in [6.45, 7) is 1.61. The number of ether oxygens (including phenoxy) is 1. The second-order valence-corrected chi connectivity index (χ2v) is 7.12. The summed E-state index contributed by atoms with van der Waals surface area (Å²) in [6.07, 6.45) is 0. The number of hydrogen-bond donors (Lipinski definition) is 1. The van der Waals surface area contributed by atoms with Gasteiger partial charge in [0.2, 0.25) is 5.91 Å². The molecule has 5 nitrogen and oxygen atoms in total. The summed E-state index contributed by atoms with van der Waals surface area (Å²) in [7, 11) is 1.30. The van der Waals surface area contributed by atoms with Crippen molar-refractivity contribution in [3.63, 3.8) is 0 Å². The van der Waals surface area contributed by atoms with E-state index in [1.165, 1.54) is 7.11 Å². The van der Waals surface area contributed by atoms with E-state index < -0.39 is 18.1 Å². The summed E-state index contributed by atoms with van der Waals surface area (Å²) >= 11 is 0. The molecule has 146 valence electrons. The normalized spacial score (nSPS) is 19.0. The number of hydrogen-bond acceptors (Lipinski definition) is 4. The minimum absolute atomic E-state index is 0.187. The second kappa shape index (κ2) is 7.87. The lowest BCUT2D eigenvalue weighted by Gasteiger charge is -2.35. The number of aliphatic imine (C=N–C) groups is 1. The average molecular weight is 386 g/mol. The molecule has 3 aromatic rings. The third kappa shape index (κ3) is 3.51. The van der Waals surface area contributed by atoms with Crippen molar-refractivity contribution in [3.05, 3.63) is 83.9 Å². The van der Waals surface area contributed by atoms with Gasteiger partial charge in [-0.05, 0) is 28.8 Å². The van der Waals surface area contributed by atoms with Crippen molar-refractivity contribution in [2.45, 2.75) is 24.9 Å². The monoisotopic (exact) mass is 386 g/mol. The van der Waals surface area contributed by atoms with E-state index in [-0.39, 0.29) is 11.8 Å². The Hall–Kier alpha value is -3.47. The molecule has 0 bridgehead atoms. The third-order valence-electron chi connectivity index (χ3n) is 5.30. The van der Waals surface area contributed by atoms with Gasteiger partial charge in [-0.25, -0.2) is 4.79 Å². The molecule has 0 saturated carbocycles. The zero-order chi connectivity index (χ0) is 20.4. The van der Waals surface area contributed by atoms with Gasteiger partial charge in [0.1, 0.15) is 12.1 Å². The molecule has 0 aliphatic carbocycles. The summed E-state index contributed by atoms with van der Waals surface area (Å²) in [5, 5.41) is 4.95. The van der Waals surface area contributed by atoms with E-state index >= 15 is 0 Å². The molecule has 29 heavy (non-hydrogen) atoms. The van der Waals surface area contributed by atoms with Gasteiger partial charge in [-0.1, -0.05) is 72.8 Å². The molecule has 0 fully saturated rings. The number of nitrogens with zero attached hydrogens (tertiary/aromatic N) is 1. The zero-order valence-corrected chi connectivity index (χ0v) is 16.3. The van der Waals surface area contributed by atoms with Crippen molar-refractivity contribution in [3.8, 4) is 0 Å². The molecule has 1 aliphatic rings. The number of amides is 1. The van der Waals surface area contributed by atoms with Crippen LogP contribution < -0.4 is 5.32 Å². The molecule has 3 atom stereocenters. The molecule has 5 heteroatoms. The fourth-order valence-electron chi connectivity index (χ4n) is 3.82. The maximum Gasteiger partial charge on any atom is 0.328 e. The molecular formula is C24H22N2O3. The van der Waals surface area contributed by atoms with Crippen LogP contribution in [-0.4, -0.2) is 36.8 Å². The highest BCUT2D eigenvalue weighted by molar-refractivity contribution is 6.15. The quantitative estimate of drug-likeness (QED) is 0.683. The lowest BCUT2D eigenvalue weighted by Crippen LogP contribution is -2.51. The van der Waals surface area contributed by atoms with Crippen LogP contribution in [0.4, 0.5) is 0 Å². The van der Waals surface area contributed by atoms with Crippen molar-refractivity contribution < 1.29 is 14.3 Å². The smallest absolute Gasteiger partial charge is 0.328 e. The Morgan fingerprint density at radius 1 is 0.966 bits per heavy atom. The SMILES string of the molecule is COC(=O)[C@H](C)NC(=O)C1N=C(c2ccccc2)C1c1cccc2ccccc12. The largest absolute Gasteiger partial charge is 0.467 e. The molecule has 1 amide bonds. The van der Waals surface area contributed by atoms with Gasteiger partial charge >= 0.3 is 5.97 Å². The minimum atomic E-state index is -0.725. The van der Waals surface area contributed by atoms with E-state index in [0.29, 0.717) is 0 Å². The summed E-state index contributed by atoms with van der Waals surface area (Å²) in [4.78, 5) is 29.3. The van der Waals surface area contributed by atoms with Crippen LogP contribution in [-0.2, 0) is 14.3 Å². The molecular weight excluding hydrogens is 364 g/mol. The molecule has 1 N–H and O–H groups in total. The van der Waals surface area contributed by atoms with Crippen molar-refractivity contribution in [1.82, 2.24) is 5.32 Å². The first-order valence-corrected chi connectivity index (χ1v) is 9.59. The van der Waals surface area contributed by atoms with E-state index in [0.717, 1.165) is 27.6 Å². The second-order valence-electron chi connectivity index (χ2n) is 7.12. The number of rotatable bonds is 5. The molecule has 0 radical (unpaired) electrons. The molecule has 1 heterocycles. The van der Waals surface area contributed by atoms with Crippen LogP contribution >= 0.6 is 0 Å². The minimum Gasteiger partial charge on any atom is -0.467 e. The van der Waals surface area contributed by atoms with E-state index in [2.05, 4.69) is 34.6 Å². The Morgan fingerprint density at radius 3 is 2.41 bits per heavy atom. The lowest BCUT2D eigenvalue weighted by atomic mass is 9.77. The highest BCUT2D eigenvalue weighted by Crippen LogP contribution is 2.38. The predicted octanol–water partition coefficient (Wildman–Crippen LogP) is 3.47. The molecule has 1 aliphatic heterocycles. The van der Waals surface area contributed by atoms with E-state index in [1.807, 2.05) is 48.5 Å². The summed E-state index contributed by atoms with van der Waals surface area (Å²) in [5.41, 5.74) is 2.94. The highest BCUT2D eigenvalue weighted by Gasteiger charge is 2.42. The first-order valence-electron chi connectivity index (χ1n) is 9.59. The van der Waals surface area contributed by atoms with E-state index in [9.17, 15) is 9.59 Å². The number of nitrogens with one attached hydrogen (secondary N) is 1. The Morgan fingerprint density at radius 2 is 1.66 bits per heavy atom. The van der Waals surface area contributed by atoms with Crippen LogP contribution in [0, 0.1) is 0 Å². The topological polar surface area (TPSA) is 67.8 Å². The van der Waals surface area contributed by atoms with Crippen LogP contribution in [0.1, 0.15) is 24.0 Å². The molecule has 4 rings (SSSR count). The summed E-state index contributed by atoms with van der Waals surface area (Å²) in [6, 6.07) is 22.8. The first-order chi connectivity index (χ1) is 14.1. The standard InChI is InChI=1S/C24H22N2O3/c1-15(24(28)29-2)25-23(27)22-20(21(26-22)17-10-4-3-5-11-17)19-14-8-12-16-9-6-7-13-18(16)19/h3-15,20,22H,1-2H3,(H,25,27)/t15-,20?,22?/m0/s1. The number of benzene rings is 3. The van der Waals surface area contributed by atoms with Crippen LogP contribution in [0.5, 0.6) is 0 Å². The van der Waals surface area contributed by atoms with Gasteiger partial charge in [0, 0.05) is 0 Å². The number of methoxy groups -OCH3 is 1. The number of carbonyl (C=O) groups is 2. The maximum absolute atomic E-state index is 12.9. The Kier molecular flexibility index (Phi) is 5.12. The van der Waals surface area contributed by atoms with Crippen LogP contribution in [0.25, 0.3) is 10.8 Å². The van der Waals surface area contributed by atoms with Crippen LogP contribution in [0.2, 0.25) is 0 Å². The van der Waals surface area contributed by atoms with Gasteiger partial charge < -0.3 is 10.1 Å². The average Bonchev–Trinajstić information content (AvgIpc) is 2.73. The Balaban J connectivity index is 1.74. The number of carbonyl (C=O) groups excluding carboxylic acids is 2. The Bertz CT molecular complexity index is 1090. The first kappa shape index (κ1) is 18.9. The van der Waals surface area contributed by atoms with Crippen molar-refractivity contribution in [1.29, 1.82) is 0 Å². The van der Waals surface area contributed by atoms with Gasteiger partial charge in [-0.3, -0.25) is 9.79 Å². The van der Waals surface area contributed by atoms with Crippen molar-refractivity contribution in [2.75, 3.05) is 7.11 Å². The summed E-state index contributed by atoms with van der Waals surface area (Å²) < 4.78 is 4.71. The fourth-order valence-corrected chi connectivity index (χ4v) is 3.82. The number of esters is 1. The number of fused-ring (bicyclic) bond motifs is 1. The fraction of sp³-hybridized carbons (Fsp3) is 0.208. The van der Waals surface area contributed by atoms with Gasteiger partial charge in [0.25, 0.3) is 0 Å². The van der Waals surface area contributed by atoms with E-state index in [1.54, 1.807) is 6.92 Å². The van der Waals surface area contributed by atoms with Gasteiger partial charge in [-0.15, -0.1) is 0 Å². The van der Waals surface area contributed by atoms with Gasteiger partial charge in [0.05, 0.1) is 18.7 Å². The molecule has 2 unspecified atom stereocenters. The maximum atomic E-state index is 12.9. The van der Waals surface area contributed by atoms with Crippen molar-refractivity contribution >= 4 is 28.4 Å². The molecule has 0 spiro atoms. The van der Waals surface area contributed by atoms with E-state index in [4.69, 9.17) is 4.74 Å². The van der Waals surface area contributed by atoms with Crippen molar-refractivity contribution in [2.24, 2.45) is 4.99 Å². The Labute approximate surface area is 169 Å². The van der Waals surface area contributed by atoms with Crippen LogP contribution in [0.3, 0.4) is 0 Å². The summed E-state index contributed by atoms with van der Waals surface area (Å²) in [5.74, 6) is -0.944. The van der Waals surface area contributed by atoms with Gasteiger partial charge in [-0.2, -0.15) is 0 Å². The molecule has 3 aromatic carbocycles. The predicted molar refractivity (Wildman–Crippen MR) is 113 cm³/mol. The zero-order valence-electron chi connectivity index (χ0n) is 16.3. The highest BCUT2D eigenvalue weighted by atomic mass is 16.5.